The summed E-state index contributed by atoms with van der Waals surface area (Å²) in [5, 5.41) is 7.44. The maximum atomic E-state index is 11.3. The summed E-state index contributed by atoms with van der Waals surface area (Å²) in [5.41, 5.74) is 1.81. The number of hydrogen-bond donors (Lipinski definition) is 0. The molecule has 0 aliphatic rings. The average Bonchev–Trinajstić information content (AvgIpc) is 3.04. The van der Waals surface area contributed by atoms with E-state index in [1.807, 2.05) is 11.4 Å². The van der Waals surface area contributed by atoms with Gasteiger partial charge in [-0.05, 0) is 40.2 Å². The van der Waals surface area contributed by atoms with Crippen LogP contribution in [-0.4, -0.2) is 16.1 Å². The first-order chi connectivity index (χ1) is 10.1. The summed E-state index contributed by atoms with van der Waals surface area (Å²) in [4.78, 5) is 12.2. The zero-order valence-corrected chi connectivity index (χ0v) is 14.3. The van der Waals surface area contributed by atoms with Crippen LogP contribution in [0.1, 0.15) is 10.4 Å². The molecule has 0 N–H and O–H groups in total. The standard InChI is InChI=1S/C14H7BrCl2N2OS/c15-9-3-13(21-7-9)14-8(6-20)5-19(18-14)12-2-1-10(16)4-11(12)17/h1-7H. The Morgan fingerprint density at radius 3 is 2.71 bits per heavy atom. The summed E-state index contributed by atoms with van der Waals surface area (Å²) in [6.07, 6.45) is 2.45. The minimum atomic E-state index is 0.473. The summed E-state index contributed by atoms with van der Waals surface area (Å²) in [5.74, 6) is 0. The Morgan fingerprint density at radius 1 is 1.29 bits per heavy atom. The monoisotopic (exact) mass is 400 g/mol. The maximum absolute atomic E-state index is 11.3. The fourth-order valence-corrected chi connectivity index (χ4v) is 3.82. The van der Waals surface area contributed by atoms with Crippen LogP contribution in [0.4, 0.5) is 0 Å². The molecule has 0 saturated carbocycles. The van der Waals surface area contributed by atoms with Crippen LogP contribution in [0.5, 0.6) is 0 Å². The lowest BCUT2D eigenvalue weighted by atomic mass is 10.2. The fraction of sp³-hybridized carbons (Fsp3) is 0. The van der Waals surface area contributed by atoms with Gasteiger partial charge in [-0.3, -0.25) is 4.79 Å². The van der Waals surface area contributed by atoms with E-state index in [4.69, 9.17) is 23.2 Å². The Balaban J connectivity index is 2.13. The Bertz CT molecular complexity index is 828. The fourth-order valence-electron chi connectivity index (χ4n) is 1.89. The molecule has 3 aromatic rings. The number of carbonyl (C=O) groups excluding carboxylic acids is 1. The molecule has 2 aromatic heterocycles. The Hall–Kier alpha value is -1.14. The summed E-state index contributed by atoms with van der Waals surface area (Å²) >= 11 is 17.0. The van der Waals surface area contributed by atoms with Crippen molar-refractivity contribution in [1.82, 2.24) is 9.78 Å². The lowest BCUT2D eigenvalue weighted by Crippen LogP contribution is -1.95. The van der Waals surface area contributed by atoms with Gasteiger partial charge in [0, 0.05) is 21.1 Å². The lowest BCUT2D eigenvalue weighted by Gasteiger charge is -2.04. The third kappa shape index (κ3) is 2.92. The lowest BCUT2D eigenvalue weighted by molar-refractivity contribution is 0.112. The number of aldehydes is 1. The van der Waals surface area contributed by atoms with E-state index in [1.54, 1.807) is 29.1 Å². The highest BCUT2D eigenvalue weighted by Crippen LogP contribution is 2.32. The van der Waals surface area contributed by atoms with Crippen molar-refractivity contribution in [3.8, 4) is 16.3 Å². The van der Waals surface area contributed by atoms with Crippen LogP contribution in [0.2, 0.25) is 10.0 Å². The topological polar surface area (TPSA) is 34.9 Å². The van der Waals surface area contributed by atoms with Crippen LogP contribution in [0.3, 0.4) is 0 Å². The van der Waals surface area contributed by atoms with Gasteiger partial charge in [-0.15, -0.1) is 11.3 Å². The molecule has 3 rings (SSSR count). The number of aromatic nitrogens is 2. The Kier molecular flexibility index (Phi) is 4.17. The zero-order chi connectivity index (χ0) is 15.0. The first kappa shape index (κ1) is 14.8. The van der Waals surface area contributed by atoms with Gasteiger partial charge in [0.25, 0.3) is 0 Å². The van der Waals surface area contributed by atoms with Crippen LogP contribution in [0.15, 0.2) is 40.3 Å². The second-order valence-corrected chi connectivity index (χ2v) is 6.89. The van der Waals surface area contributed by atoms with Gasteiger partial charge in [-0.1, -0.05) is 23.2 Å². The van der Waals surface area contributed by atoms with E-state index in [9.17, 15) is 4.79 Å². The van der Waals surface area contributed by atoms with Crippen molar-refractivity contribution in [1.29, 1.82) is 0 Å². The van der Waals surface area contributed by atoms with Crippen LogP contribution in [0.25, 0.3) is 16.3 Å². The van der Waals surface area contributed by atoms with E-state index in [0.717, 1.165) is 15.6 Å². The van der Waals surface area contributed by atoms with Gasteiger partial charge in [-0.25, -0.2) is 4.68 Å². The van der Waals surface area contributed by atoms with Crippen molar-refractivity contribution in [2.24, 2.45) is 0 Å². The van der Waals surface area contributed by atoms with Gasteiger partial charge >= 0.3 is 0 Å². The second-order valence-electron chi connectivity index (χ2n) is 4.22. The molecule has 0 amide bonds. The predicted molar refractivity (Wildman–Crippen MR) is 90.0 cm³/mol. The number of rotatable bonds is 3. The first-order valence-corrected chi connectivity index (χ1v) is 8.26. The van der Waals surface area contributed by atoms with Crippen LogP contribution >= 0.6 is 50.5 Å². The summed E-state index contributed by atoms with van der Waals surface area (Å²) in [6.45, 7) is 0. The molecule has 0 fully saturated rings. The molecule has 3 nitrogen and oxygen atoms in total. The van der Waals surface area contributed by atoms with E-state index in [0.29, 0.717) is 27.0 Å². The zero-order valence-electron chi connectivity index (χ0n) is 10.4. The molecule has 0 radical (unpaired) electrons. The van der Waals surface area contributed by atoms with Crippen molar-refractivity contribution in [2.75, 3.05) is 0 Å². The molecular formula is C14H7BrCl2N2OS. The molecule has 0 spiro atoms. The predicted octanol–water partition coefficient (Wildman–Crippen LogP) is 5.48. The van der Waals surface area contributed by atoms with E-state index in [2.05, 4.69) is 21.0 Å². The van der Waals surface area contributed by atoms with Gasteiger partial charge in [0.1, 0.15) is 5.69 Å². The molecule has 21 heavy (non-hydrogen) atoms. The van der Waals surface area contributed by atoms with Crippen molar-refractivity contribution < 1.29 is 4.79 Å². The number of thiophene rings is 1. The molecule has 0 unspecified atom stereocenters. The smallest absolute Gasteiger partial charge is 0.153 e. The molecule has 1 aromatic carbocycles. The molecule has 106 valence electrons. The molecule has 7 heteroatoms. The van der Waals surface area contributed by atoms with Crippen molar-refractivity contribution in [3.05, 3.63) is 55.9 Å². The minimum Gasteiger partial charge on any atom is -0.298 e. The quantitative estimate of drug-likeness (QED) is 0.544. The molecule has 0 aliphatic carbocycles. The average molecular weight is 402 g/mol. The molecule has 0 aliphatic heterocycles. The molecule has 2 heterocycles. The van der Waals surface area contributed by atoms with Gasteiger partial charge < -0.3 is 0 Å². The van der Waals surface area contributed by atoms with E-state index in [1.165, 1.54) is 11.3 Å². The molecular weight excluding hydrogens is 395 g/mol. The highest BCUT2D eigenvalue weighted by Gasteiger charge is 2.15. The maximum Gasteiger partial charge on any atom is 0.153 e. The van der Waals surface area contributed by atoms with Crippen LogP contribution in [0, 0.1) is 0 Å². The number of hydrogen-bond acceptors (Lipinski definition) is 3. The van der Waals surface area contributed by atoms with Crippen molar-refractivity contribution in [2.45, 2.75) is 0 Å². The van der Waals surface area contributed by atoms with Gasteiger partial charge in [0.05, 0.1) is 21.2 Å². The molecule has 0 saturated heterocycles. The van der Waals surface area contributed by atoms with E-state index in [-0.39, 0.29) is 0 Å². The third-order valence-electron chi connectivity index (χ3n) is 2.83. The molecule has 0 bridgehead atoms. The van der Waals surface area contributed by atoms with Gasteiger partial charge in [0.2, 0.25) is 0 Å². The Labute approximate surface area is 143 Å². The number of halogens is 3. The first-order valence-electron chi connectivity index (χ1n) is 5.83. The van der Waals surface area contributed by atoms with Crippen molar-refractivity contribution >= 4 is 56.8 Å². The van der Waals surface area contributed by atoms with Crippen LogP contribution < -0.4 is 0 Å². The summed E-state index contributed by atoms with van der Waals surface area (Å²) in [7, 11) is 0. The van der Waals surface area contributed by atoms with E-state index >= 15 is 0 Å². The SMILES string of the molecule is O=Cc1cn(-c2ccc(Cl)cc2Cl)nc1-c1cc(Br)cs1. The number of benzene rings is 1. The van der Waals surface area contributed by atoms with Gasteiger partial charge in [-0.2, -0.15) is 5.10 Å². The van der Waals surface area contributed by atoms with Crippen molar-refractivity contribution in [3.63, 3.8) is 0 Å². The normalized spacial score (nSPS) is 10.8. The molecule has 0 atom stereocenters. The summed E-state index contributed by atoms with van der Waals surface area (Å²) in [6, 6.07) is 7.06. The minimum absolute atomic E-state index is 0.473. The number of nitrogens with zero attached hydrogens (tertiary/aromatic N) is 2. The highest BCUT2D eigenvalue weighted by atomic mass is 79.9. The summed E-state index contributed by atoms with van der Waals surface area (Å²) < 4.78 is 2.55. The second kappa shape index (κ2) is 5.93. The number of carbonyl (C=O) groups is 1. The van der Waals surface area contributed by atoms with E-state index < -0.39 is 0 Å². The third-order valence-corrected chi connectivity index (χ3v) is 5.06. The van der Waals surface area contributed by atoms with Crippen LogP contribution in [-0.2, 0) is 0 Å². The highest BCUT2D eigenvalue weighted by molar-refractivity contribution is 9.10. The Morgan fingerprint density at radius 2 is 2.10 bits per heavy atom. The van der Waals surface area contributed by atoms with Gasteiger partial charge in [0.15, 0.2) is 6.29 Å². The largest absolute Gasteiger partial charge is 0.298 e.